The normalized spacial score (nSPS) is 16.3. The molecule has 0 spiro atoms. The van der Waals surface area contributed by atoms with Gasteiger partial charge in [0.1, 0.15) is 17.4 Å². The highest BCUT2D eigenvalue weighted by atomic mass is 32.1. The lowest BCUT2D eigenvalue weighted by Gasteiger charge is -2.27. The maximum Gasteiger partial charge on any atom is 0.265 e. The summed E-state index contributed by atoms with van der Waals surface area (Å²) < 4.78 is 5.49. The van der Waals surface area contributed by atoms with Gasteiger partial charge in [-0.2, -0.15) is 0 Å². The topological polar surface area (TPSA) is 79.6 Å². The number of hydrogen-bond donors (Lipinski definition) is 1. The summed E-state index contributed by atoms with van der Waals surface area (Å²) in [6, 6.07) is 5.37. The van der Waals surface area contributed by atoms with Crippen LogP contribution < -0.4 is 10.7 Å². The molecule has 6 nitrogen and oxygen atoms in total. The molecule has 0 saturated carbocycles. The van der Waals surface area contributed by atoms with Crippen LogP contribution in [0.15, 0.2) is 51.9 Å². The maximum absolute atomic E-state index is 12.8. The number of nitrogens with zero attached hydrogens (tertiary/aromatic N) is 1. The Kier molecular flexibility index (Phi) is 4.81. The molecule has 1 aromatic carbocycles. The van der Waals surface area contributed by atoms with Gasteiger partial charge in [-0.3, -0.25) is 24.6 Å². The van der Waals surface area contributed by atoms with E-state index in [0.717, 1.165) is 12.0 Å². The molecule has 1 aromatic heterocycles. The highest BCUT2D eigenvalue weighted by molar-refractivity contribution is 7.80. The van der Waals surface area contributed by atoms with Gasteiger partial charge in [0.25, 0.3) is 11.8 Å². The summed E-state index contributed by atoms with van der Waals surface area (Å²) in [5.74, 6) is -1.23. The van der Waals surface area contributed by atoms with Gasteiger partial charge in [0.2, 0.25) is 0 Å². The number of amides is 2. The van der Waals surface area contributed by atoms with Crippen LogP contribution in [0.2, 0.25) is 0 Å². The molecular formula is C19H16N2O4S. The average molecular weight is 368 g/mol. The van der Waals surface area contributed by atoms with E-state index in [2.05, 4.69) is 11.9 Å². The van der Waals surface area contributed by atoms with E-state index >= 15 is 0 Å². The van der Waals surface area contributed by atoms with Gasteiger partial charge in [-0.1, -0.05) is 19.1 Å². The molecule has 0 unspecified atom stereocenters. The second-order valence-corrected chi connectivity index (χ2v) is 6.11. The summed E-state index contributed by atoms with van der Waals surface area (Å²) in [5.41, 5.74) is 1.07. The molecule has 7 heteroatoms. The van der Waals surface area contributed by atoms with Gasteiger partial charge in [-0.05, 0) is 42.4 Å². The van der Waals surface area contributed by atoms with Crippen molar-refractivity contribution in [1.29, 1.82) is 0 Å². The maximum atomic E-state index is 12.8. The van der Waals surface area contributed by atoms with Gasteiger partial charge >= 0.3 is 0 Å². The first-order valence-electron chi connectivity index (χ1n) is 8.00. The number of fused-ring (bicyclic) bond motifs is 1. The van der Waals surface area contributed by atoms with Crippen LogP contribution in [0.5, 0.6) is 0 Å². The molecule has 3 rings (SSSR count). The molecule has 0 aliphatic carbocycles. The third kappa shape index (κ3) is 3.09. The van der Waals surface area contributed by atoms with Crippen LogP contribution in [0.25, 0.3) is 17.0 Å². The standard InChI is InChI=1S/C19H16N2O4S/c1-3-7-21-18(24)14(17(23)20-19(21)26)9-12-10-25-15-6-5-11(4-2)8-13(15)16(12)22/h3,5-6,8-10H,1,4,7H2,2H3,(H,20,23,26)/b14-9+. The SMILES string of the molecule is C=CCN1C(=O)/C(=C/c2coc3ccc(CC)cc3c2=O)C(=O)NC1=S. The van der Waals surface area contributed by atoms with Crippen molar-refractivity contribution in [3.63, 3.8) is 0 Å². The Morgan fingerprint density at radius 3 is 2.77 bits per heavy atom. The minimum atomic E-state index is -0.651. The predicted octanol–water partition coefficient (Wildman–Crippen LogP) is 2.17. The number of hydrogen-bond acceptors (Lipinski definition) is 5. The van der Waals surface area contributed by atoms with Crippen LogP contribution in [-0.2, 0) is 16.0 Å². The third-order valence-corrected chi connectivity index (χ3v) is 4.39. The Balaban J connectivity index is 2.11. The van der Waals surface area contributed by atoms with Crippen LogP contribution in [-0.4, -0.2) is 28.4 Å². The smallest absolute Gasteiger partial charge is 0.265 e. The lowest BCUT2D eigenvalue weighted by atomic mass is 10.1. The minimum Gasteiger partial charge on any atom is -0.463 e. The van der Waals surface area contributed by atoms with Crippen molar-refractivity contribution in [2.45, 2.75) is 13.3 Å². The molecular weight excluding hydrogens is 352 g/mol. The molecule has 2 heterocycles. The number of carbonyl (C=O) groups is 2. The van der Waals surface area contributed by atoms with Crippen molar-refractivity contribution in [1.82, 2.24) is 10.2 Å². The number of thiocarbonyl (C=S) groups is 1. The zero-order valence-electron chi connectivity index (χ0n) is 14.1. The molecule has 132 valence electrons. The number of carbonyl (C=O) groups excluding carboxylic acids is 2. The van der Waals surface area contributed by atoms with Gasteiger partial charge in [-0.15, -0.1) is 6.58 Å². The van der Waals surface area contributed by atoms with Crippen molar-refractivity contribution in [2.75, 3.05) is 6.54 Å². The van der Waals surface area contributed by atoms with E-state index < -0.39 is 11.8 Å². The highest BCUT2D eigenvalue weighted by Gasteiger charge is 2.32. The molecule has 26 heavy (non-hydrogen) atoms. The average Bonchev–Trinajstić information content (AvgIpc) is 2.63. The van der Waals surface area contributed by atoms with E-state index in [9.17, 15) is 14.4 Å². The van der Waals surface area contributed by atoms with Crippen molar-refractivity contribution < 1.29 is 14.0 Å². The highest BCUT2D eigenvalue weighted by Crippen LogP contribution is 2.17. The van der Waals surface area contributed by atoms with Crippen molar-refractivity contribution in [2.24, 2.45) is 0 Å². The van der Waals surface area contributed by atoms with Crippen LogP contribution in [0, 0.1) is 0 Å². The lowest BCUT2D eigenvalue weighted by molar-refractivity contribution is -0.128. The monoisotopic (exact) mass is 368 g/mol. The fourth-order valence-corrected chi connectivity index (χ4v) is 2.91. The fourth-order valence-electron chi connectivity index (χ4n) is 2.66. The molecule has 1 fully saturated rings. The molecule has 0 radical (unpaired) electrons. The van der Waals surface area contributed by atoms with E-state index in [0.29, 0.717) is 11.0 Å². The van der Waals surface area contributed by atoms with E-state index in [4.69, 9.17) is 16.6 Å². The van der Waals surface area contributed by atoms with Crippen LogP contribution >= 0.6 is 12.2 Å². The Hall–Kier alpha value is -3.06. The van der Waals surface area contributed by atoms with E-state index in [1.54, 1.807) is 12.1 Å². The fraction of sp³-hybridized carbons (Fsp3) is 0.158. The second kappa shape index (κ2) is 7.05. The number of nitrogens with one attached hydrogen (secondary N) is 1. The second-order valence-electron chi connectivity index (χ2n) is 5.73. The summed E-state index contributed by atoms with van der Waals surface area (Å²) in [5, 5.41) is 2.85. The van der Waals surface area contributed by atoms with E-state index in [-0.39, 0.29) is 28.2 Å². The number of aryl methyl sites for hydroxylation is 1. The Morgan fingerprint density at radius 1 is 1.31 bits per heavy atom. The zero-order valence-corrected chi connectivity index (χ0v) is 14.9. The van der Waals surface area contributed by atoms with Crippen LogP contribution in [0.1, 0.15) is 18.1 Å². The molecule has 2 aromatic rings. The van der Waals surface area contributed by atoms with Crippen LogP contribution in [0.3, 0.4) is 0 Å². The largest absolute Gasteiger partial charge is 0.463 e. The summed E-state index contributed by atoms with van der Waals surface area (Å²) in [7, 11) is 0. The van der Waals surface area contributed by atoms with Crippen molar-refractivity contribution in [3.8, 4) is 0 Å². The number of rotatable bonds is 4. The Bertz CT molecular complexity index is 1040. The molecule has 1 aliphatic rings. The van der Waals surface area contributed by atoms with Gasteiger partial charge in [0.15, 0.2) is 10.5 Å². The molecule has 0 bridgehead atoms. The van der Waals surface area contributed by atoms with Crippen LogP contribution in [0.4, 0.5) is 0 Å². The first kappa shape index (κ1) is 17.8. The summed E-state index contributed by atoms with van der Waals surface area (Å²) in [6.07, 6.45) is 4.75. The summed E-state index contributed by atoms with van der Waals surface area (Å²) in [6.45, 7) is 5.70. The van der Waals surface area contributed by atoms with Crippen molar-refractivity contribution >= 4 is 46.2 Å². The zero-order chi connectivity index (χ0) is 18.8. The van der Waals surface area contributed by atoms with Gasteiger partial charge in [-0.25, -0.2) is 0 Å². The molecule has 0 atom stereocenters. The third-order valence-electron chi connectivity index (χ3n) is 4.07. The molecule has 2 amide bonds. The van der Waals surface area contributed by atoms with Gasteiger partial charge in [0, 0.05) is 6.54 Å². The summed E-state index contributed by atoms with van der Waals surface area (Å²) in [4.78, 5) is 38.7. The molecule has 1 N–H and O–H groups in total. The number of benzene rings is 1. The first-order valence-corrected chi connectivity index (χ1v) is 8.41. The first-order chi connectivity index (χ1) is 12.5. The van der Waals surface area contributed by atoms with Gasteiger partial charge < -0.3 is 4.42 Å². The summed E-state index contributed by atoms with van der Waals surface area (Å²) >= 11 is 5.00. The Labute approximate surface area is 154 Å². The Morgan fingerprint density at radius 2 is 2.08 bits per heavy atom. The predicted molar refractivity (Wildman–Crippen MR) is 102 cm³/mol. The van der Waals surface area contributed by atoms with E-state index in [1.165, 1.54) is 23.3 Å². The van der Waals surface area contributed by atoms with Crippen molar-refractivity contribution in [3.05, 3.63) is 64.0 Å². The quantitative estimate of drug-likeness (QED) is 0.387. The van der Waals surface area contributed by atoms with Gasteiger partial charge in [0.05, 0.1) is 10.9 Å². The molecule has 1 saturated heterocycles. The van der Waals surface area contributed by atoms with E-state index in [1.807, 2.05) is 13.0 Å². The minimum absolute atomic E-state index is 0.00943. The molecule has 1 aliphatic heterocycles. The lowest BCUT2D eigenvalue weighted by Crippen LogP contribution is -2.53.